The molecule has 1 aliphatic heterocycles. The minimum absolute atomic E-state index is 0.0459. The average Bonchev–Trinajstić information content (AvgIpc) is 2.60. The predicted octanol–water partition coefficient (Wildman–Crippen LogP) is 3.92. The van der Waals surface area contributed by atoms with Gasteiger partial charge in [-0.2, -0.15) is 0 Å². The lowest BCUT2D eigenvalue weighted by Crippen LogP contribution is -2.21. The molecule has 0 radical (unpaired) electrons. The summed E-state index contributed by atoms with van der Waals surface area (Å²) in [7, 11) is 4.99. The lowest BCUT2D eigenvalue weighted by Gasteiger charge is -2.33. The van der Waals surface area contributed by atoms with E-state index in [2.05, 4.69) is 12.1 Å². The molecular formula is C18H20O4. The molecule has 0 amide bonds. The number of methoxy groups -OCH3 is 3. The number of fused-ring (bicyclic) bond motifs is 1. The standard InChI is InChI=1S/C18H20O4/c1-19-13-9-15(20-2)18-16(21-3)11-14(22-17(18)10-13)12-7-5-4-6-8-12/h4-10,14,16H,11H2,1-3H3. The van der Waals surface area contributed by atoms with Gasteiger partial charge in [0.25, 0.3) is 0 Å². The largest absolute Gasteiger partial charge is 0.496 e. The first-order chi connectivity index (χ1) is 10.8. The van der Waals surface area contributed by atoms with E-state index in [1.165, 1.54) is 0 Å². The number of hydrogen-bond donors (Lipinski definition) is 0. The van der Waals surface area contributed by atoms with Crippen LogP contribution in [0.25, 0.3) is 0 Å². The Morgan fingerprint density at radius 1 is 1.00 bits per heavy atom. The van der Waals surface area contributed by atoms with Crippen LogP contribution in [0.15, 0.2) is 42.5 Å². The Kier molecular flexibility index (Phi) is 4.20. The quantitative estimate of drug-likeness (QED) is 0.857. The Hall–Kier alpha value is -2.20. The summed E-state index contributed by atoms with van der Waals surface area (Å²) in [6.45, 7) is 0. The van der Waals surface area contributed by atoms with Crippen molar-refractivity contribution < 1.29 is 18.9 Å². The molecule has 1 heterocycles. The molecule has 0 spiro atoms. The Labute approximate surface area is 130 Å². The summed E-state index contributed by atoms with van der Waals surface area (Å²) in [5, 5.41) is 0. The predicted molar refractivity (Wildman–Crippen MR) is 83.7 cm³/mol. The molecule has 2 aromatic carbocycles. The van der Waals surface area contributed by atoms with Gasteiger partial charge in [-0.3, -0.25) is 0 Å². The number of hydrogen-bond acceptors (Lipinski definition) is 4. The van der Waals surface area contributed by atoms with Gasteiger partial charge in [0, 0.05) is 25.7 Å². The molecule has 2 unspecified atom stereocenters. The number of rotatable bonds is 4. The lowest BCUT2D eigenvalue weighted by atomic mass is 9.94. The minimum Gasteiger partial charge on any atom is -0.496 e. The van der Waals surface area contributed by atoms with Crippen molar-refractivity contribution in [1.29, 1.82) is 0 Å². The Morgan fingerprint density at radius 2 is 1.77 bits per heavy atom. The zero-order valence-electron chi connectivity index (χ0n) is 13.0. The first-order valence-corrected chi connectivity index (χ1v) is 7.27. The Bertz CT molecular complexity index is 639. The molecule has 4 heteroatoms. The second kappa shape index (κ2) is 6.28. The fourth-order valence-corrected chi connectivity index (χ4v) is 2.88. The van der Waals surface area contributed by atoms with Crippen molar-refractivity contribution >= 4 is 0 Å². The highest BCUT2D eigenvalue weighted by Gasteiger charge is 2.32. The van der Waals surface area contributed by atoms with E-state index in [9.17, 15) is 0 Å². The average molecular weight is 300 g/mol. The molecule has 2 aromatic rings. The van der Waals surface area contributed by atoms with Crippen LogP contribution in [0.3, 0.4) is 0 Å². The summed E-state index contributed by atoms with van der Waals surface area (Å²) in [6.07, 6.45) is 0.626. The van der Waals surface area contributed by atoms with Crippen LogP contribution in [0, 0.1) is 0 Å². The first kappa shape index (κ1) is 14.7. The summed E-state index contributed by atoms with van der Waals surface area (Å²) >= 11 is 0. The molecule has 2 atom stereocenters. The van der Waals surface area contributed by atoms with Crippen LogP contribution in [0.5, 0.6) is 17.2 Å². The highest BCUT2D eigenvalue weighted by Crippen LogP contribution is 2.48. The van der Waals surface area contributed by atoms with Crippen LogP contribution in [0.4, 0.5) is 0 Å². The topological polar surface area (TPSA) is 36.9 Å². The smallest absolute Gasteiger partial charge is 0.133 e. The van der Waals surface area contributed by atoms with Crippen LogP contribution in [0.2, 0.25) is 0 Å². The second-order valence-corrected chi connectivity index (χ2v) is 5.22. The van der Waals surface area contributed by atoms with Crippen molar-refractivity contribution in [3.05, 3.63) is 53.6 Å². The van der Waals surface area contributed by atoms with Gasteiger partial charge in [0.2, 0.25) is 0 Å². The second-order valence-electron chi connectivity index (χ2n) is 5.22. The summed E-state index contributed by atoms with van der Waals surface area (Å²) in [5.41, 5.74) is 2.08. The third-order valence-electron chi connectivity index (χ3n) is 4.01. The van der Waals surface area contributed by atoms with E-state index in [1.54, 1.807) is 21.3 Å². The maximum atomic E-state index is 6.20. The van der Waals surface area contributed by atoms with Crippen LogP contribution in [-0.2, 0) is 4.74 Å². The van der Waals surface area contributed by atoms with Crippen molar-refractivity contribution in [2.24, 2.45) is 0 Å². The monoisotopic (exact) mass is 300 g/mol. The zero-order chi connectivity index (χ0) is 15.5. The molecule has 4 nitrogen and oxygen atoms in total. The summed E-state index contributed by atoms with van der Waals surface area (Å²) in [4.78, 5) is 0. The third kappa shape index (κ3) is 2.62. The lowest BCUT2D eigenvalue weighted by molar-refractivity contribution is 0.0279. The normalized spacial score (nSPS) is 20.0. The SMILES string of the molecule is COc1cc(OC)c2c(c1)OC(c1ccccc1)CC2OC. The summed E-state index contributed by atoms with van der Waals surface area (Å²) < 4.78 is 22.7. The fraction of sp³-hybridized carbons (Fsp3) is 0.333. The van der Waals surface area contributed by atoms with Gasteiger partial charge < -0.3 is 18.9 Å². The van der Waals surface area contributed by atoms with E-state index in [4.69, 9.17) is 18.9 Å². The maximum Gasteiger partial charge on any atom is 0.133 e. The first-order valence-electron chi connectivity index (χ1n) is 7.27. The molecule has 3 rings (SSSR count). The molecule has 0 saturated carbocycles. The van der Waals surface area contributed by atoms with Gasteiger partial charge in [-0.05, 0) is 5.56 Å². The molecule has 0 aliphatic carbocycles. The molecular weight excluding hydrogens is 280 g/mol. The molecule has 0 aromatic heterocycles. The molecule has 116 valence electrons. The van der Waals surface area contributed by atoms with Gasteiger partial charge >= 0.3 is 0 Å². The molecule has 0 saturated heterocycles. The van der Waals surface area contributed by atoms with Crippen molar-refractivity contribution in [2.45, 2.75) is 18.6 Å². The maximum absolute atomic E-state index is 6.20. The van der Waals surface area contributed by atoms with Gasteiger partial charge in [-0.15, -0.1) is 0 Å². The van der Waals surface area contributed by atoms with Gasteiger partial charge in [-0.25, -0.2) is 0 Å². The van der Waals surface area contributed by atoms with E-state index >= 15 is 0 Å². The fourth-order valence-electron chi connectivity index (χ4n) is 2.88. The molecule has 0 bridgehead atoms. The molecule has 22 heavy (non-hydrogen) atoms. The number of benzene rings is 2. The van der Waals surface area contributed by atoms with Crippen molar-refractivity contribution in [1.82, 2.24) is 0 Å². The van der Waals surface area contributed by atoms with Crippen molar-refractivity contribution in [3.63, 3.8) is 0 Å². The van der Waals surface area contributed by atoms with Gasteiger partial charge in [0.15, 0.2) is 0 Å². The summed E-state index contributed by atoms with van der Waals surface area (Å²) in [5.74, 6) is 2.19. The van der Waals surface area contributed by atoms with Crippen molar-refractivity contribution in [3.8, 4) is 17.2 Å². The minimum atomic E-state index is -0.0742. The van der Waals surface area contributed by atoms with Crippen LogP contribution in [-0.4, -0.2) is 21.3 Å². The molecule has 1 aliphatic rings. The zero-order valence-corrected chi connectivity index (χ0v) is 13.0. The van der Waals surface area contributed by atoms with Gasteiger partial charge in [-0.1, -0.05) is 30.3 Å². The Balaban J connectivity index is 2.04. The Morgan fingerprint density at radius 3 is 2.41 bits per heavy atom. The van der Waals surface area contributed by atoms with E-state index < -0.39 is 0 Å². The van der Waals surface area contributed by atoms with Crippen LogP contribution >= 0.6 is 0 Å². The molecule has 0 N–H and O–H groups in total. The number of ether oxygens (including phenoxy) is 4. The van der Waals surface area contributed by atoms with E-state index in [-0.39, 0.29) is 12.2 Å². The van der Waals surface area contributed by atoms with E-state index in [0.29, 0.717) is 5.75 Å². The van der Waals surface area contributed by atoms with Crippen molar-refractivity contribution in [2.75, 3.05) is 21.3 Å². The molecule has 0 fully saturated rings. The van der Waals surface area contributed by atoms with Crippen LogP contribution in [0.1, 0.15) is 29.8 Å². The van der Waals surface area contributed by atoms with Crippen LogP contribution < -0.4 is 14.2 Å². The highest BCUT2D eigenvalue weighted by molar-refractivity contribution is 5.53. The third-order valence-corrected chi connectivity index (χ3v) is 4.01. The van der Waals surface area contributed by atoms with Gasteiger partial charge in [0.05, 0.1) is 25.9 Å². The van der Waals surface area contributed by atoms with E-state index in [0.717, 1.165) is 29.0 Å². The van der Waals surface area contributed by atoms with Gasteiger partial charge in [0.1, 0.15) is 23.4 Å². The highest BCUT2D eigenvalue weighted by atomic mass is 16.5. The van der Waals surface area contributed by atoms with E-state index in [1.807, 2.05) is 30.3 Å². The summed E-state index contributed by atoms with van der Waals surface area (Å²) in [6, 6.07) is 13.9.